The Hall–Kier alpha value is -2.99. The molecule has 2 atom stereocenters. The number of morpholine rings is 1. The van der Waals surface area contributed by atoms with Crippen LogP contribution in [0.3, 0.4) is 0 Å². The van der Waals surface area contributed by atoms with Crippen molar-refractivity contribution in [2.45, 2.75) is 33.0 Å². The topological polar surface area (TPSA) is 66.9 Å². The van der Waals surface area contributed by atoms with Gasteiger partial charge in [-0.3, -0.25) is 14.4 Å². The number of carbonyl (C=O) groups is 3. The summed E-state index contributed by atoms with van der Waals surface area (Å²) in [6.45, 7) is 6.81. The molecule has 0 N–H and O–H groups in total. The molecule has 144 valence electrons. The van der Waals surface area contributed by atoms with Gasteiger partial charge in [-0.1, -0.05) is 17.7 Å². The zero-order chi connectivity index (χ0) is 20.0. The van der Waals surface area contributed by atoms with Crippen molar-refractivity contribution in [2.75, 3.05) is 18.0 Å². The molecule has 0 aromatic heterocycles. The number of imide groups is 1. The van der Waals surface area contributed by atoms with Crippen LogP contribution in [0, 0.1) is 6.92 Å². The van der Waals surface area contributed by atoms with E-state index in [2.05, 4.69) is 0 Å². The van der Waals surface area contributed by atoms with Crippen LogP contribution in [0.1, 0.15) is 50.5 Å². The zero-order valence-corrected chi connectivity index (χ0v) is 16.1. The number of nitrogens with zero attached hydrogens (tertiary/aromatic N) is 2. The lowest BCUT2D eigenvalue weighted by atomic mass is 10.0. The number of hydrogen-bond donors (Lipinski definition) is 0. The molecule has 6 heteroatoms. The van der Waals surface area contributed by atoms with E-state index < -0.39 is 5.91 Å². The first-order valence-electron chi connectivity index (χ1n) is 9.39. The van der Waals surface area contributed by atoms with Crippen LogP contribution >= 0.6 is 0 Å². The number of ether oxygens (including phenoxy) is 1. The summed E-state index contributed by atoms with van der Waals surface area (Å²) in [6.07, 6.45) is -0.0790. The summed E-state index contributed by atoms with van der Waals surface area (Å²) in [5.41, 5.74) is 2.58. The van der Waals surface area contributed by atoms with Gasteiger partial charge in [0.15, 0.2) is 0 Å². The van der Waals surface area contributed by atoms with E-state index in [1.165, 1.54) is 6.07 Å². The molecule has 2 aromatic carbocycles. The van der Waals surface area contributed by atoms with Gasteiger partial charge in [-0.2, -0.15) is 0 Å². The average molecular weight is 378 g/mol. The van der Waals surface area contributed by atoms with Gasteiger partial charge in [0, 0.05) is 18.7 Å². The minimum Gasteiger partial charge on any atom is -0.372 e. The molecule has 2 aromatic rings. The summed E-state index contributed by atoms with van der Waals surface area (Å²) in [5, 5.41) is 0. The number of fused-ring (bicyclic) bond motifs is 1. The quantitative estimate of drug-likeness (QED) is 0.754. The van der Waals surface area contributed by atoms with Crippen molar-refractivity contribution in [2.24, 2.45) is 0 Å². The van der Waals surface area contributed by atoms with Gasteiger partial charge in [0.05, 0.1) is 29.0 Å². The Balaban J connectivity index is 1.63. The Kier molecular flexibility index (Phi) is 4.51. The van der Waals surface area contributed by atoms with Crippen LogP contribution in [-0.4, -0.2) is 47.9 Å². The Morgan fingerprint density at radius 1 is 0.929 bits per heavy atom. The predicted octanol–water partition coefficient (Wildman–Crippen LogP) is 3.05. The van der Waals surface area contributed by atoms with E-state index in [0.717, 1.165) is 10.5 Å². The number of hydrogen-bond acceptors (Lipinski definition) is 4. The first kappa shape index (κ1) is 18.4. The number of aryl methyl sites for hydroxylation is 1. The van der Waals surface area contributed by atoms with E-state index in [1.807, 2.05) is 32.9 Å². The number of carbonyl (C=O) groups excluding carboxylic acids is 3. The van der Waals surface area contributed by atoms with Gasteiger partial charge in [0.2, 0.25) is 0 Å². The largest absolute Gasteiger partial charge is 0.372 e. The van der Waals surface area contributed by atoms with Crippen molar-refractivity contribution in [1.29, 1.82) is 0 Å². The van der Waals surface area contributed by atoms with Crippen molar-refractivity contribution >= 4 is 23.4 Å². The third-order valence-corrected chi connectivity index (χ3v) is 5.13. The minimum atomic E-state index is -0.401. The summed E-state index contributed by atoms with van der Waals surface area (Å²) in [5.74, 6) is -0.919. The fraction of sp³-hybridized carbons (Fsp3) is 0.318. The van der Waals surface area contributed by atoms with Gasteiger partial charge in [-0.05, 0) is 51.1 Å². The van der Waals surface area contributed by atoms with E-state index in [1.54, 1.807) is 29.2 Å². The Labute approximate surface area is 163 Å². The normalized spacial score (nSPS) is 21.8. The van der Waals surface area contributed by atoms with Crippen LogP contribution in [-0.2, 0) is 4.74 Å². The molecular weight excluding hydrogens is 356 g/mol. The van der Waals surface area contributed by atoms with Crippen molar-refractivity contribution in [3.63, 3.8) is 0 Å². The highest BCUT2D eigenvalue weighted by Crippen LogP contribution is 2.29. The van der Waals surface area contributed by atoms with E-state index >= 15 is 0 Å². The number of amides is 3. The van der Waals surface area contributed by atoms with Crippen LogP contribution in [0.5, 0.6) is 0 Å². The molecule has 0 unspecified atom stereocenters. The van der Waals surface area contributed by atoms with Crippen molar-refractivity contribution in [1.82, 2.24) is 4.90 Å². The first-order valence-corrected chi connectivity index (χ1v) is 9.39. The zero-order valence-electron chi connectivity index (χ0n) is 16.1. The Bertz CT molecular complexity index is 957. The van der Waals surface area contributed by atoms with Crippen LogP contribution < -0.4 is 4.90 Å². The third-order valence-electron chi connectivity index (χ3n) is 5.13. The SMILES string of the molecule is Cc1ccc(N2C(=O)c3ccc(C(=O)N4C[C@H](C)O[C@@H](C)C4)cc3C2=O)cc1. The van der Waals surface area contributed by atoms with Crippen LogP contribution in [0.15, 0.2) is 42.5 Å². The summed E-state index contributed by atoms with van der Waals surface area (Å²) in [7, 11) is 0. The fourth-order valence-corrected chi connectivity index (χ4v) is 3.83. The lowest BCUT2D eigenvalue weighted by Gasteiger charge is -2.35. The summed E-state index contributed by atoms with van der Waals surface area (Å²) < 4.78 is 5.68. The molecule has 0 spiro atoms. The molecule has 2 heterocycles. The van der Waals surface area contributed by atoms with Gasteiger partial charge in [-0.15, -0.1) is 0 Å². The maximum absolute atomic E-state index is 12.9. The molecule has 28 heavy (non-hydrogen) atoms. The second-order valence-corrected chi connectivity index (χ2v) is 7.51. The van der Waals surface area contributed by atoms with E-state index in [0.29, 0.717) is 29.9 Å². The minimum absolute atomic E-state index is 0.0395. The summed E-state index contributed by atoms with van der Waals surface area (Å²) in [4.78, 5) is 41.5. The van der Waals surface area contributed by atoms with Gasteiger partial charge in [0.25, 0.3) is 17.7 Å². The molecule has 4 rings (SSSR count). The maximum Gasteiger partial charge on any atom is 0.266 e. The van der Waals surface area contributed by atoms with Crippen molar-refractivity contribution < 1.29 is 19.1 Å². The van der Waals surface area contributed by atoms with Gasteiger partial charge in [-0.25, -0.2) is 4.90 Å². The summed E-state index contributed by atoms with van der Waals surface area (Å²) in [6, 6.07) is 11.9. The van der Waals surface area contributed by atoms with E-state index in [9.17, 15) is 14.4 Å². The fourth-order valence-electron chi connectivity index (χ4n) is 3.83. The van der Waals surface area contributed by atoms with Crippen molar-refractivity contribution in [3.8, 4) is 0 Å². The maximum atomic E-state index is 12.9. The van der Waals surface area contributed by atoms with Crippen molar-refractivity contribution in [3.05, 3.63) is 64.7 Å². The highest BCUT2D eigenvalue weighted by Gasteiger charge is 2.37. The molecule has 1 saturated heterocycles. The molecule has 0 saturated carbocycles. The molecule has 3 amide bonds. The number of anilines is 1. The van der Waals surface area contributed by atoms with Crippen LogP contribution in [0.2, 0.25) is 0 Å². The molecule has 6 nitrogen and oxygen atoms in total. The number of benzene rings is 2. The lowest BCUT2D eigenvalue weighted by Crippen LogP contribution is -2.48. The average Bonchev–Trinajstić information content (AvgIpc) is 2.91. The van der Waals surface area contributed by atoms with Crippen LogP contribution in [0.4, 0.5) is 5.69 Å². The van der Waals surface area contributed by atoms with E-state index in [4.69, 9.17) is 4.74 Å². The lowest BCUT2D eigenvalue weighted by molar-refractivity contribution is -0.0586. The molecule has 0 bridgehead atoms. The molecule has 0 aliphatic carbocycles. The Morgan fingerprint density at radius 2 is 1.54 bits per heavy atom. The van der Waals surface area contributed by atoms with Crippen LogP contribution in [0.25, 0.3) is 0 Å². The standard InChI is InChI=1S/C22H22N2O4/c1-13-4-7-17(8-5-13)24-21(26)18-9-6-16(10-19(18)22(24)27)20(25)23-11-14(2)28-15(3)12-23/h4-10,14-15H,11-12H2,1-3H3/t14-,15-/m0/s1. The van der Waals surface area contributed by atoms with Gasteiger partial charge >= 0.3 is 0 Å². The summed E-state index contributed by atoms with van der Waals surface area (Å²) >= 11 is 0. The highest BCUT2D eigenvalue weighted by atomic mass is 16.5. The second-order valence-electron chi connectivity index (χ2n) is 7.51. The molecular formula is C22H22N2O4. The number of rotatable bonds is 2. The molecule has 1 fully saturated rings. The Morgan fingerprint density at radius 3 is 2.18 bits per heavy atom. The highest BCUT2D eigenvalue weighted by molar-refractivity contribution is 6.34. The van der Waals surface area contributed by atoms with Gasteiger partial charge < -0.3 is 9.64 Å². The predicted molar refractivity (Wildman–Crippen MR) is 105 cm³/mol. The molecule has 0 radical (unpaired) electrons. The molecule has 2 aliphatic heterocycles. The smallest absolute Gasteiger partial charge is 0.266 e. The molecule has 2 aliphatic rings. The van der Waals surface area contributed by atoms with Gasteiger partial charge in [0.1, 0.15) is 0 Å². The monoisotopic (exact) mass is 378 g/mol. The van der Waals surface area contributed by atoms with E-state index in [-0.39, 0.29) is 29.6 Å². The first-order chi connectivity index (χ1) is 13.3. The third kappa shape index (κ3) is 3.10. The second kappa shape index (κ2) is 6.87.